The van der Waals surface area contributed by atoms with Crippen molar-refractivity contribution in [1.29, 1.82) is 0 Å². The Hall–Kier alpha value is -2.48. The van der Waals surface area contributed by atoms with Gasteiger partial charge in [0.1, 0.15) is 0 Å². The summed E-state index contributed by atoms with van der Waals surface area (Å²) in [4.78, 5) is 22.9. The Kier molecular flexibility index (Phi) is 5.37. The highest BCUT2D eigenvalue weighted by molar-refractivity contribution is 5.90. The van der Waals surface area contributed by atoms with Gasteiger partial charge in [0.15, 0.2) is 0 Å². The molecule has 0 aliphatic heterocycles. The average molecular weight is 288 g/mol. The number of aliphatic carboxylic acids is 1. The highest BCUT2D eigenvalue weighted by Crippen LogP contribution is 2.22. The number of benzene rings is 1. The molecule has 3 N–H and O–H groups in total. The van der Waals surface area contributed by atoms with Crippen molar-refractivity contribution < 1.29 is 14.7 Å². The number of carboxylic acid groups (broad SMARTS) is 1. The van der Waals surface area contributed by atoms with Crippen LogP contribution in [0.4, 0.5) is 10.5 Å². The van der Waals surface area contributed by atoms with Gasteiger partial charge < -0.3 is 15.7 Å². The van der Waals surface area contributed by atoms with E-state index in [-0.39, 0.29) is 11.8 Å². The Labute approximate surface area is 124 Å². The third-order valence-electron chi connectivity index (χ3n) is 3.02. The number of anilines is 1. The van der Waals surface area contributed by atoms with E-state index in [2.05, 4.69) is 16.6 Å². The van der Waals surface area contributed by atoms with E-state index in [1.165, 1.54) is 0 Å². The molecule has 1 aromatic rings. The van der Waals surface area contributed by atoms with Crippen molar-refractivity contribution in [1.82, 2.24) is 5.32 Å². The standard InChI is InChI=1S/C16H20N2O3/c1-5-11-7-6-8-12(9-11)17-15(21)18-13(10-14(19)20)16(2,3)4/h1,6-9,13H,10H2,2-4H3,(H,19,20)(H2,17,18,21). The van der Waals surface area contributed by atoms with Gasteiger partial charge in [-0.2, -0.15) is 0 Å². The van der Waals surface area contributed by atoms with Crippen LogP contribution in [0.1, 0.15) is 32.8 Å². The van der Waals surface area contributed by atoms with Crippen LogP contribution in [-0.4, -0.2) is 23.1 Å². The van der Waals surface area contributed by atoms with E-state index in [1.54, 1.807) is 24.3 Å². The van der Waals surface area contributed by atoms with E-state index in [0.29, 0.717) is 11.3 Å². The van der Waals surface area contributed by atoms with Crippen LogP contribution in [0.15, 0.2) is 24.3 Å². The molecule has 0 saturated carbocycles. The molecule has 0 aliphatic carbocycles. The quantitative estimate of drug-likeness (QED) is 0.745. The topological polar surface area (TPSA) is 78.4 Å². The first kappa shape index (κ1) is 16.6. The van der Waals surface area contributed by atoms with E-state index in [0.717, 1.165) is 0 Å². The zero-order valence-electron chi connectivity index (χ0n) is 12.4. The largest absolute Gasteiger partial charge is 0.481 e. The highest BCUT2D eigenvalue weighted by Gasteiger charge is 2.28. The molecule has 0 bridgehead atoms. The summed E-state index contributed by atoms with van der Waals surface area (Å²) in [5, 5.41) is 14.3. The molecule has 0 heterocycles. The van der Waals surface area contributed by atoms with Crippen molar-refractivity contribution in [2.24, 2.45) is 5.41 Å². The maximum atomic E-state index is 12.0. The Morgan fingerprint density at radius 1 is 1.38 bits per heavy atom. The minimum absolute atomic E-state index is 0.138. The fourth-order valence-electron chi connectivity index (χ4n) is 1.76. The van der Waals surface area contributed by atoms with Gasteiger partial charge in [0.05, 0.1) is 6.42 Å². The molecule has 0 saturated heterocycles. The van der Waals surface area contributed by atoms with Gasteiger partial charge in [0.25, 0.3) is 0 Å². The number of nitrogens with one attached hydrogen (secondary N) is 2. The molecule has 5 heteroatoms. The summed E-state index contributed by atoms with van der Waals surface area (Å²) in [5.41, 5.74) is 0.854. The summed E-state index contributed by atoms with van der Waals surface area (Å²) in [6.45, 7) is 5.62. The second-order valence-corrected chi connectivity index (χ2v) is 5.84. The number of rotatable bonds is 4. The first-order valence-corrected chi connectivity index (χ1v) is 6.58. The lowest BCUT2D eigenvalue weighted by Crippen LogP contribution is -2.46. The average Bonchev–Trinajstić information content (AvgIpc) is 2.36. The van der Waals surface area contributed by atoms with Gasteiger partial charge in [-0.1, -0.05) is 32.8 Å². The molecule has 0 fully saturated rings. The second kappa shape index (κ2) is 6.80. The van der Waals surface area contributed by atoms with Gasteiger partial charge in [-0.25, -0.2) is 4.79 Å². The minimum Gasteiger partial charge on any atom is -0.481 e. The Morgan fingerprint density at radius 3 is 2.57 bits per heavy atom. The van der Waals surface area contributed by atoms with Crippen LogP contribution in [0.25, 0.3) is 0 Å². The molecule has 1 aromatic carbocycles. The van der Waals surface area contributed by atoms with Crippen LogP contribution in [0.2, 0.25) is 0 Å². The Morgan fingerprint density at radius 2 is 2.05 bits per heavy atom. The van der Waals surface area contributed by atoms with E-state index in [4.69, 9.17) is 11.5 Å². The van der Waals surface area contributed by atoms with Gasteiger partial charge in [-0.15, -0.1) is 6.42 Å². The normalized spacial score (nSPS) is 12.1. The predicted octanol–water partition coefficient (Wildman–Crippen LogP) is 2.68. The van der Waals surface area contributed by atoms with Crippen LogP contribution < -0.4 is 10.6 Å². The zero-order valence-corrected chi connectivity index (χ0v) is 12.4. The summed E-state index contributed by atoms with van der Waals surface area (Å²) < 4.78 is 0. The summed E-state index contributed by atoms with van der Waals surface area (Å²) in [5.74, 6) is 1.53. The van der Waals surface area contributed by atoms with Crippen molar-refractivity contribution in [3.05, 3.63) is 29.8 Å². The Balaban J connectivity index is 2.74. The van der Waals surface area contributed by atoms with Crippen molar-refractivity contribution >= 4 is 17.7 Å². The number of urea groups is 1. The van der Waals surface area contributed by atoms with Gasteiger partial charge in [0.2, 0.25) is 0 Å². The number of terminal acetylenes is 1. The first-order chi connectivity index (χ1) is 9.72. The lowest BCUT2D eigenvalue weighted by Gasteiger charge is -2.30. The minimum atomic E-state index is -0.954. The molecule has 5 nitrogen and oxygen atoms in total. The third kappa shape index (κ3) is 5.57. The second-order valence-electron chi connectivity index (χ2n) is 5.84. The molecule has 1 atom stereocenters. The highest BCUT2D eigenvalue weighted by atomic mass is 16.4. The number of carbonyl (C=O) groups excluding carboxylic acids is 1. The van der Waals surface area contributed by atoms with Crippen molar-refractivity contribution in [3.63, 3.8) is 0 Å². The van der Waals surface area contributed by atoms with Gasteiger partial charge in [-0.3, -0.25) is 4.79 Å². The van der Waals surface area contributed by atoms with E-state index in [1.807, 2.05) is 20.8 Å². The van der Waals surface area contributed by atoms with Crippen molar-refractivity contribution in [3.8, 4) is 12.3 Å². The summed E-state index contributed by atoms with van der Waals surface area (Å²) in [6.07, 6.45) is 5.16. The molecule has 0 radical (unpaired) electrons. The molecule has 0 aromatic heterocycles. The van der Waals surface area contributed by atoms with Crippen LogP contribution >= 0.6 is 0 Å². The predicted molar refractivity (Wildman–Crippen MR) is 82.0 cm³/mol. The molecular weight excluding hydrogens is 268 g/mol. The third-order valence-corrected chi connectivity index (χ3v) is 3.02. The number of hydrogen-bond donors (Lipinski definition) is 3. The van der Waals surface area contributed by atoms with E-state index < -0.39 is 18.0 Å². The monoisotopic (exact) mass is 288 g/mol. The fraction of sp³-hybridized carbons (Fsp3) is 0.375. The summed E-state index contributed by atoms with van der Waals surface area (Å²) in [7, 11) is 0. The SMILES string of the molecule is C#Cc1cccc(NC(=O)NC(CC(=O)O)C(C)(C)C)c1. The maximum absolute atomic E-state index is 12.0. The van der Waals surface area contributed by atoms with E-state index in [9.17, 15) is 9.59 Å². The lowest BCUT2D eigenvalue weighted by molar-refractivity contribution is -0.138. The molecule has 1 rings (SSSR count). The molecule has 2 amide bonds. The number of carbonyl (C=O) groups is 2. The summed E-state index contributed by atoms with van der Waals surface area (Å²) in [6, 6.07) is 5.94. The molecular formula is C16H20N2O3. The number of hydrogen-bond acceptors (Lipinski definition) is 2. The van der Waals surface area contributed by atoms with Gasteiger partial charge in [0, 0.05) is 17.3 Å². The summed E-state index contributed by atoms with van der Waals surface area (Å²) >= 11 is 0. The first-order valence-electron chi connectivity index (χ1n) is 6.58. The van der Waals surface area contributed by atoms with Gasteiger partial charge in [-0.05, 0) is 23.6 Å². The van der Waals surface area contributed by atoms with Crippen LogP contribution in [0.5, 0.6) is 0 Å². The lowest BCUT2D eigenvalue weighted by atomic mass is 9.85. The van der Waals surface area contributed by atoms with Crippen LogP contribution in [0.3, 0.4) is 0 Å². The van der Waals surface area contributed by atoms with Crippen LogP contribution in [-0.2, 0) is 4.79 Å². The maximum Gasteiger partial charge on any atom is 0.319 e. The van der Waals surface area contributed by atoms with Crippen LogP contribution in [0, 0.1) is 17.8 Å². The number of amides is 2. The fourth-order valence-corrected chi connectivity index (χ4v) is 1.76. The molecule has 21 heavy (non-hydrogen) atoms. The molecule has 0 spiro atoms. The van der Waals surface area contributed by atoms with Crippen molar-refractivity contribution in [2.45, 2.75) is 33.2 Å². The smallest absolute Gasteiger partial charge is 0.319 e. The zero-order chi connectivity index (χ0) is 16.0. The molecule has 0 aliphatic rings. The van der Waals surface area contributed by atoms with E-state index >= 15 is 0 Å². The number of carboxylic acids is 1. The Bertz CT molecular complexity index is 568. The molecule has 1 unspecified atom stereocenters. The van der Waals surface area contributed by atoms with Gasteiger partial charge >= 0.3 is 12.0 Å². The van der Waals surface area contributed by atoms with Crippen molar-refractivity contribution in [2.75, 3.05) is 5.32 Å². The molecule has 112 valence electrons.